The minimum Gasteiger partial charge on any atom is -0.379 e. The molecule has 1 heterocycles. The lowest BCUT2D eigenvalue weighted by molar-refractivity contribution is 0.101. The van der Waals surface area contributed by atoms with Crippen molar-refractivity contribution < 1.29 is 9.42 Å². The number of rotatable bonds is 2. The molecular formula is C11H12N4O2. The first-order valence-corrected chi connectivity index (χ1v) is 5.05. The van der Waals surface area contributed by atoms with Gasteiger partial charge in [-0.1, -0.05) is 12.1 Å². The standard InChI is InChI=1S/C11H12N4O2/c1-6-4-3-5-8(7(6)2)13-11(16)9-10(12)15-17-14-9/h3-5H,1-2H3,(H2,12,15)(H,13,16). The first-order valence-electron chi connectivity index (χ1n) is 5.05. The third-order valence-corrected chi connectivity index (χ3v) is 2.58. The summed E-state index contributed by atoms with van der Waals surface area (Å²) in [5.41, 5.74) is 8.23. The molecule has 0 atom stereocenters. The van der Waals surface area contributed by atoms with E-state index in [0.29, 0.717) is 0 Å². The highest BCUT2D eigenvalue weighted by atomic mass is 16.6. The number of aryl methyl sites for hydroxylation is 1. The number of anilines is 2. The number of nitrogens with zero attached hydrogens (tertiary/aromatic N) is 2. The van der Waals surface area contributed by atoms with Gasteiger partial charge in [0.05, 0.1) is 0 Å². The molecule has 1 aromatic heterocycles. The summed E-state index contributed by atoms with van der Waals surface area (Å²) in [6, 6.07) is 5.64. The number of aromatic nitrogens is 2. The second-order valence-electron chi connectivity index (χ2n) is 3.70. The largest absolute Gasteiger partial charge is 0.379 e. The highest BCUT2D eigenvalue weighted by molar-refractivity contribution is 6.05. The number of hydrogen-bond donors (Lipinski definition) is 2. The molecule has 0 spiro atoms. The van der Waals surface area contributed by atoms with Crippen molar-refractivity contribution in [1.82, 2.24) is 10.3 Å². The van der Waals surface area contributed by atoms with Gasteiger partial charge in [0.2, 0.25) is 11.5 Å². The summed E-state index contributed by atoms with van der Waals surface area (Å²) < 4.78 is 4.37. The zero-order valence-corrected chi connectivity index (χ0v) is 9.52. The molecule has 3 N–H and O–H groups in total. The van der Waals surface area contributed by atoms with E-state index in [1.54, 1.807) is 0 Å². The lowest BCUT2D eigenvalue weighted by Crippen LogP contribution is -2.15. The SMILES string of the molecule is Cc1cccc(NC(=O)c2nonc2N)c1C. The highest BCUT2D eigenvalue weighted by Crippen LogP contribution is 2.19. The van der Waals surface area contributed by atoms with Crippen LogP contribution in [0.1, 0.15) is 21.6 Å². The molecule has 0 saturated heterocycles. The predicted molar refractivity (Wildman–Crippen MR) is 62.6 cm³/mol. The normalized spacial score (nSPS) is 10.2. The Balaban J connectivity index is 2.25. The van der Waals surface area contributed by atoms with Crippen molar-refractivity contribution in [2.45, 2.75) is 13.8 Å². The molecule has 0 aliphatic carbocycles. The van der Waals surface area contributed by atoms with Gasteiger partial charge in [-0.2, -0.15) is 0 Å². The molecule has 0 aliphatic heterocycles. The molecule has 88 valence electrons. The van der Waals surface area contributed by atoms with E-state index in [1.807, 2.05) is 32.0 Å². The maximum Gasteiger partial charge on any atom is 0.281 e. The molecule has 2 rings (SSSR count). The number of nitrogen functional groups attached to an aromatic ring is 1. The maximum atomic E-state index is 11.8. The molecule has 6 heteroatoms. The summed E-state index contributed by atoms with van der Waals surface area (Å²) in [5, 5.41) is 9.50. The quantitative estimate of drug-likeness (QED) is 0.818. The van der Waals surface area contributed by atoms with Crippen LogP contribution in [0.25, 0.3) is 0 Å². The lowest BCUT2D eigenvalue weighted by Gasteiger charge is -2.08. The summed E-state index contributed by atoms with van der Waals surface area (Å²) in [7, 11) is 0. The number of amides is 1. The van der Waals surface area contributed by atoms with Crippen LogP contribution in [-0.4, -0.2) is 16.2 Å². The first kappa shape index (κ1) is 11.1. The van der Waals surface area contributed by atoms with Crippen LogP contribution in [-0.2, 0) is 0 Å². The van der Waals surface area contributed by atoms with E-state index in [2.05, 4.69) is 20.3 Å². The Morgan fingerprint density at radius 3 is 2.76 bits per heavy atom. The smallest absolute Gasteiger partial charge is 0.281 e. The second-order valence-corrected chi connectivity index (χ2v) is 3.70. The molecule has 17 heavy (non-hydrogen) atoms. The number of benzene rings is 1. The van der Waals surface area contributed by atoms with Crippen molar-refractivity contribution in [2.75, 3.05) is 11.1 Å². The van der Waals surface area contributed by atoms with Crippen molar-refractivity contribution >= 4 is 17.4 Å². The van der Waals surface area contributed by atoms with Gasteiger partial charge in [0.15, 0.2) is 0 Å². The van der Waals surface area contributed by atoms with E-state index in [4.69, 9.17) is 5.73 Å². The van der Waals surface area contributed by atoms with E-state index >= 15 is 0 Å². The molecular weight excluding hydrogens is 220 g/mol. The third-order valence-electron chi connectivity index (χ3n) is 2.58. The molecule has 1 aromatic carbocycles. The fourth-order valence-corrected chi connectivity index (χ4v) is 1.42. The maximum absolute atomic E-state index is 11.8. The Morgan fingerprint density at radius 1 is 1.35 bits per heavy atom. The monoisotopic (exact) mass is 232 g/mol. The number of carbonyl (C=O) groups is 1. The summed E-state index contributed by atoms with van der Waals surface area (Å²) in [6.07, 6.45) is 0. The van der Waals surface area contributed by atoms with Gasteiger partial charge < -0.3 is 11.1 Å². The van der Waals surface area contributed by atoms with Crippen LogP contribution in [0.2, 0.25) is 0 Å². The highest BCUT2D eigenvalue weighted by Gasteiger charge is 2.16. The Hall–Kier alpha value is -2.37. The zero-order valence-electron chi connectivity index (χ0n) is 9.52. The lowest BCUT2D eigenvalue weighted by atomic mass is 10.1. The minimum atomic E-state index is -0.433. The van der Waals surface area contributed by atoms with Crippen LogP contribution in [0.3, 0.4) is 0 Å². The molecule has 1 amide bonds. The summed E-state index contributed by atoms with van der Waals surface area (Å²) in [4.78, 5) is 11.8. The Bertz CT molecular complexity index is 562. The van der Waals surface area contributed by atoms with Crippen molar-refractivity contribution in [2.24, 2.45) is 0 Å². The zero-order chi connectivity index (χ0) is 12.4. The van der Waals surface area contributed by atoms with Crippen molar-refractivity contribution in [1.29, 1.82) is 0 Å². The van der Waals surface area contributed by atoms with Crippen LogP contribution in [0.15, 0.2) is 22.8 Å². The number of nitrogens with two attached hydrogens (primary N) is 1. The number of nitrogens with one attached hydrogen (secondary N) is 1. The number of carbonyl (C=O) groups excluding carboxylic acids is 1. The van der Waals surface area contributed by atoms with Crippen LogP contribution in [0.4, 0.5) is 11.5 Å². The van der Waals surface area contributed by atoms with E-state index < -0.39 is 5.91 Å². The van der Waals surface area contributed by atoms with Gasteiger partial charge in [-0.3, -0.25) is 4.79 Å². The van der Waals surface area contributed by atoms with Crippen LogP contribution >= 0.6 is 0 Å². The van der Waals surface area contributed by atoms with Gasteiger partial charge in [-0.25, -0.2) is 4.63 Å². The molecule has 0 bridgehead atoms. The topological polar surface area (TPSA) is 94.0 Å². The van der Waals surface area contributed by atoms with Gasteiger partial charge >= 0.3 is 0 Å². The van der Waals surface area contributed by atoms with Crippen LogP contribution < -0.4 is 11.1 Å². The minimum absolute atomic E-state index is 0.00842. The summed E-state index contributed by atoms with van der Waals surface area (Å²) in [5.74, 6) is -0.453. The average Bonchev–Trinajstić information content (AvgIpc) is 2.71. The summed E-state index contributed by atoms with van der Waals surface area (Å²) >= 11 is 0. The molecule has 0 aliphatic rings. The molecule has 0 unspecified atom stereocenters. The van der Waals surface area contributed by atoms with Gasteiger partial charge in [0.25, 0.3) is 5.91 Å². The van der Waals surface area contributed by atoms with Crippen LogP contribution in [0, 0.1) is 13.8 Å². The van der Waals surface area contributed by atoms with Gasteiger partial charge in [-0.05, 0) is 41.4 Å². The van der Waals surface area contributed by atoms with Crippen molar-refractivity contribution in [3.05, 3.63) is 35.0 Å². The Labute approximate surface area is 97.8 Å². The Kier molecular flexibility index (Phi) is 2.78. The van der Waals surface area contributed by atoms with Gasteiger partial charge in [0.1, 0.15) is 0 Å². The predicted octanol–water partition coefficient (Wildman–Crippen LogP) is 1.52. The fourth-order valence-electron chi connectivity index (χ4n) is 1.42. The number of hydrogen-bond acceptors (Lipinski definition) is 5. The molecule has 2 aromatic rings. The second kappa shape index (κ2) is 4.25. The average molecular weight is 232 g/mol. The molecule has 0 radical (unpaired) electrons. The Morgan fingerprint density at radius 2 is 2.12 bits per heavy atom. The van der Waals surface area contributed by atoms with Gasteiger partial charge in [-0.15, -0.1) is 0 Å². The van der Waals surface area contributed by atoms with Crippen molar-refractivity contribution in [3.63, 3.8) is 0 Å². The van der Waals surface area contributed by atoms with Crippen molar-refractivity contribution in [3.8, 4) is 0 Å². The van der Waals surface area contributed by atoms with E-state index in [-0.39, 0.29) is 11.5 Å². The molecule has 0 fully saturated rings. The van der Waals surface area contributed by atoms with Crippen LogP contribution in [0.5, 0.6) is 0 Å². The molecule has 6 nitrogen and oxygen atoms in total. The third kappa shape index (κ3) is 2.10. The summed E-state index contributed by atoms with van der Waals surface area (Å²) in [6.45, 7) is 3.90. The van der Waals surface area contributed by atoms with Gasteiger partial charge in [0, 0.05) is 5.69 Å². The van der Waals surface area contributed by atoms with E-state index in [0.717, 1.165) is 16.8 Å². The first-order chi connectivity index (χ1) is 8.09. The molecule has 0 saturated carbocycles. The fraction of sp³-hybridized carbons (Fsp3) is 0.182. The van der Waals surface area contributed by atoms with E-state index in [1.165, 1.54) is 0 Å². The van der Waals surface area contributed by atoms with E-state index in [9.17, 15) is 4.79 Å².